The van der Waals surface area contributed by atoms with E-state index in [1.807, 2.05) is 0 Å². The van der Waals surface area contributed by atoms with Crippen LogP contribution in [0.5, 0.6) is 0 Å². The molecular formula is C19H15F3N2O. The number of aromatic nitrogens is 2. The maximum Gasteiger partial charge on any atom is 0.186 e. The maximum absolute atomic E-state index is 13.1. The lowest BCUT2D eigenvalue weighted by molar-refractivity contribution is 0.104. The second-order valence-electron chi connectivity index (χ2n) is 5.07. The van der Waals surface area contributed by atoms with Gasteiger partial charge in [-0.25, -0.2) is 13.2 Å². The lowest BCUT2D eigenvalue weighted by Gasteiger charge is -1.96. The minimum atomic E-state index is -1.08. The van der Waals surface area contributed by atoms with Crippen molar-refractivity contribution in [3.8, 4) is 0 Å². The monoisotopic (exact) mass is 344 g/mol. The summed E-state index contributed by atoms with van der Waals surface area (Å²) in [4.78, 5) is 11.9. The number of hydrogen-bond acceptors (Lipinski definition) is 2. The minimum absolute atomic E-state index is 0.0315. The van der Waals surface area contributed by atoms with Gasteiger partial charge in [0.25, 0.3) is 0 Å². The van der Waals surface area contributed by atoms with E-state index in [0.29, 0.717) is 17.0 Å². The number of allylic oxidation sites excluding steroid dienone is 6. The first-order valence-corrected chi connectivity index (χ1v) is 7.32. The molecule has 1 aromatic carbocycles. The SMILES string of the molecule is C=C(C=CC(F)=CC)c1cc(C=CC(=O)c2ccc(F)c(F)c2)[nH]n1. The molecule has 0 saturated heterocycles. The predicted octanol–water partition coefficient (Wildman–Crippen LogP) is 5.03. The zero-order valence-corrected chi connectivity index (χ0v) is 13.4. The molecule has 0 amide bonds. The van der Waals surface area contributed by atoms with Crippen molar-refractivity contribution in [3.63, 3.8) is 0 Å². The topological polar surface area (TPSA) is 45.8 Å². The summed E-state index contributed by atoms with van der Waals surface area (Å²) in [7, 11) is 0. The van der Waals surface area contributed by atoms with Gasteiger partial charge in [-0.15, -0.1) is 0 Å². The number of benzene rings is 1. The van der Waals surface area contributed by atoms with Crippen LogP contribution in [0, 0.1) is 11.6 Å². The molecule has 0 unspecified atom stereocenters. The number of nitrogens with one attached hydrogen (secondary N) is 1. The average Bonchev–Trinajstić information content (AvgIpc) is 3.08. The van der Waals surface area contributed by atoms with Gasteiger partial charge in [-0.2, -0.15) is 5.10 Å². The summed E-state index contributed by atoms with van der Waals surface area (Å²) >= 11 is 0. The van der Waals surface area contributed by atoms with Crippen LogP contribution in [0.2, 0.25) is 0 Å². The van der Waals surface area contributed by atoms with Gasteiger partial charge in [0.05, 0.1) is 11.4 Å². The van der Waals surface area contributed by atoms with Crippen molar-refractivity contribution >= 4 is 17.4 Å². The lowest BCUT2D eigenvalue weighted by atomic mass is 10.1. The van der Waals surface area contributed by atoms with Crippen molar-refractivity contribution in [2.75, 3.05) is 0 Å². The maximum atomic E-state index is 13.1. The minimum Gasteiger partial charge on any atom is -0.289 e. The van der Waals surface area contributed by atoms with E-state index in [4.69, 9.17) is 0 Å². The fourth-order valence-electron chi connectivity index (χ4n) is 1.86. The molecule has 0 bridgehead atoms. The van der Waals surface area contributed by atoms with Crippen molar-refractivity contribution in [2.45, 2.75) is 6.92 Å². The summed E-state index contributed by atoms with van der Waals surface area (Å²) in [5.41, 5.74) is 1.51. The molecule has 3 nitrogen and oxygen atoms in total. The van der Waals surface area contributed by atoms with E-state index in [0.717, 1.165) is 12.1 Å². The predicted molar refractivity (Wildman–Crippen MR) is 91.3 cm³/mol. The van der Waals surface area contributed by atoms with Crippen LogP contribution in [0.25, 0.3) is 11.6 Å². The number of H-pyrrole nitrogens is 1. The molecule has 2 aromatic rings. The Morgan fingerprint density at radius 2 is 1.92 bits per heavy atom. The van der Waals surface area contributed by atoms with E-state index in [9.17, 15) is 18.0 Å². The van der Waals surface area contributed by atoms with Crippen LogP contribution in [-0.2, 0) is 0 Å². The quantitative estimate of drug-likeness (QED) is 0.454. The molecule has 0 aliphatic heterocycles. The van der Waals surface area contributed by atoms with Gasteiger partial charge < -0.3 is 0 Å². The summed E-state index contributed by atoms with van der Waals surface area (Å²) < 4.78 is 39.0. The van der Waals surface area contributed by atoms with E-state index >= 15 is 0 Å². The van der Waals surface area contributed by atoms with Crippen molar-refractivity contribution in [1.29, 1.82) is 0 Å². The van der Waals surface area contributed by atoms with Crippen LogP contribution in [-0.4, -0.2) is 16.0 Å². The zero-order valence-electron chi connectivity index (χ0n) is 13.4. The molecule has 2 rings (SSSR count). The number of carbonyl (C=O) groups excluding carboxylic acids is 1. The van der Waals surface area contributed by atoms with Gasteiger partial charge in [-0.05, 0) is 55.0 Å². The van der Waals surface area contributed by atoms with Crippen molar-refractivity contribution in [2.24, 2.45) is 0 Å². The molecule has 1 aromatic heterocycles. The molecule has 128 valence electrons. The summed E-state index contributed by atoms with van der Waals surface area (Å²) in [6, 6.07) is 4.55. The molecule has 0 saturated carbocycles. The molecule has 25 heavy (non-hydrogen) atoms. The van der Waals surface area contributed by atoms with Gasteiger partial charge in [0.15, 0.2) is 17.4 Å². The van der Waals surface area contributed by atoms with Crippen LogP contribution in [0.4, 0.5) is 13.2 Å². The summed E-state index contributed by atoms with van der Waals surface area (Å²) in [6.07, 6.45) is 6.71. The van der Waals surface area contributed by atoms with Gasteiger partial charge in [-0.3, -0.25) is 9.89 Å². The van der Waals surface area contributed by atoms with Crippen molar-refractivity contribution in [3.05, 3.63) is 89.6 Å². The molecule has 0 aliphatic carbocycles. The zero-order chi connectivity index (χ0) is 18.4. The average molecular weight is 344 g/mol. The second kappa shape index (κ2) is 8.10. The number of rotatable bonds is 6. The summed E-state index contributed by atoms with van der Waals surface area (Å²) in [5, 5.41) is 6.70. The van der Waals surface area contributed by atoms with Crippen molar-refractivity contribution < 1.29 is 18.0 Å². The first kappa shape index (κ1) is 18.2. The Bertz CT molecular complexity index is 892. The lowest BCUT2D eigenvalue weighted by Crippen LogP contribution is -1.96. The Morgan fingerprint density at radius 1 is 1.16 bits per heavy atom. The Labute approximate surface area is 142 Å². The number of hydrogen-bond donors (Lipinski definition) is 1. The number of nitrogens with zero attached hydrogens (tertiary/aromatic N) is 1. The van der Waals surface area contributed by atoms with E-state index < -0.39 is 23.2 Å². The van der Waals surface area contributed by atoms with E-state index in [-0.39, 0.29) is 5.56 Å². The molecular weight excluding hydrogens is 329 g/mol. The van der Waals surface area contributed by atoms with E-state index in [1.54, 1.807) is 13.0 Å². The van der Waals surface area contributed by atoms with Crippen LogP contribution in [0.3, 0.4) is 0 Å². The smallest absolute Gasteiger partial charge is 0.186 e. The number of carbonyl (C=O) groups is 1. The Hall–Kier alpha value is -3.15. The highest BCUT2D eigenvalue weighted by atomic mass is 19.2. The van der Waals surface area contributed by atoms with E-state index in [2.05, 4.69) is 16.8 Å². The number of halogens is 3. The first-order chi connectivity index (χ1) is 11.9. The normalized spacial score (nSPS) is 12.2. The van der Waals surface area contributed by atoms with Crippen LogP contribution >= 0.6 is 0 Å². The fraction of sp³-hybridized carbons (Fsp3) is 0.0526. The third kappa shape index (κ3) is 4.91. The van der Waals surface area contributed by atoms with Gasteiger partial charge in [-0.1, -0.05) is 18.7 Å². The molecule has 1 N–H and O–H groups in total. The molecule has 0 atom stereocenters. The third-order valence-corrected chi connectivity index (χ3v) is 3.26. The van der Waals surface area contributed by atoms with E-state index in [1.165, 1.54) is 36.4 Å². The van der Waals surface area contributed by atoms with Crippen LogP contribution in [0.1, 0.15) is 28.7 Å². The largest absolute Gasteiger partial charge is 0.289 e. The van der Waals surface area contributed by atoms with Crippen LogP contribution < -0.4 is 0 Å². The highest BCUT2D eigenvalue weighted by Crippen LogP contribution is 2.15. The standard InChI is InChI=1S/C19H15F3N2O/c1-3-14(20)6-4-12(2)18-11-15(23-24-18)7-9-19(25)13-5-8-16(21)17(22)10-13/h3-11H,2H2,1H3,(H,23,24). The Kier molecular flexibility index (Phi) is 5.89. The number of aromatic amines is 1. The third-order valence-electron chi connectivity index (χ3n) is 3.26. The second-order valence-corrected chi connectivity index (χ2v) is 5.07. The Balaban J connectivity index is 2.08. The highest BCUT2D eigenvalue weighted by molar-refractivity contribution is 6.06. The number of ketones is 1. The van der Waals surface area contributed by atoms with Crippen molar-refractivity contribution in [1.82, 2.24) is 10.2 Å². The molecule has 6 heteroatoms. The first-order valence-electron chi connectivity index (χ1n) is 7.32. The Morgan fingerprint density at radius 3 is 2.60 bits per heavy atom. The van der Waals surface area contributed by atoms with Gasteiger partial charge >= 0.3 is 0 Å². The fourth-order valence-corrected chi connectivity index (χ4v) is 1.86. The highest BCUT2D eigenvalue weighted by Gasteiger charge is 2.07. The molecule has 0 spiro atoms. The van der Waals surface area contributed by atoms with Gasteiger partial charge in [0.2, 0.25) is 0 Å². The molecule has 0 fully saturated rings. The summed E-state index contributed by atoms with van der Waals surface area (Å²) in [5.74, 6) is -2.97. The summed E-state index contributed by atoms with van der Waals surface area (Å²) in [6.45, 7) is 5.35. The molecule has 1 heterocycles. The molecule has 0 radical (unpaired) electrons. The van der Waals surface area contributed by atoms with Gasteiger partial charge in [0.1, 0.15) is 5.83 Å². The molecule has 0 aliphatic rings. The van der Waals surface area contributed by atoms with Gasteiger partial charge in [0, 0.05) is 5.56 Å². The van der Waals surface area contributed by atoms with Crippen LogP contribution in [0.15, 0.2) is 61.0 Å².